The number of halogens is 1. The monoisotopic (exact) mass is 312 g/mol. The first-order valence-corrected chi connectivity index (χ1v) is 7.40. The van der Waals surface area contributed by atoms with Crippen molar-refractivity contribution >= 4 is 23.1 Å². The molecule has 23 heavy (non-hydrogen) atoms. The van der Waals surface area contributed by atoms with Crippen LogP contribution in [0.1, 0.15) is 21.5 Å². The van der Waals surface area contributed by atoms with Crippen LogP contribution >= 0.6 is 0 Å². The van der Waals surface area contributed by atoms with E-state index in [-0.39, 0.29) is 30.6 Å². The van der Waals surface area contributed by atoms with Crippen molar-refractivity contribution in [2.45, 2.75) is 13.8 Å². The summed E-state index contributed by atoms with van der Waals surface area (Å²) in [4.78, 5) is 26.1. The number of rotatable bonds is 3. The second-order valence-electron chi connectivity index (χ2n) is 5.72. The van der Waals surface area contributed by atoms with E-state index in [0.29, 0.717) is 16.9 Å². The van der Waals surface area contributed by atoms with Gasteiger partial charge in [0, 0.05) is 5.56 Å². The summed E-state index contributed by atoms with van der Waals surface area (Å²) in [6, 6.07) is 9.62. The number of aryl methyl sites for hydroxylation is 2. The van der Waals surface area contributed by atoms with Gasteiger partial charge in [0.25, 0.3) is 0 Å². The second kappa shape index (κ2) is 5.83. The Morgan fingerprint density at radius 3 is 2.70 bits per heavy atom. The summed E-state index contributed by atoms with van der Waals surface area (Å²) in [5.41, 5.74) is 3.77. The summed E-state index contributed by atoms with van der Waals surface area (Å²) >= 11 is 0. The van der Waals surface area contributed by atoms with Crippen LogP contribution in [0.3, 0.4) is 0 Å². The molecule has 1 heterocycles. The minimum Gasteiger partial charge on any atom is -0.374 e. The van der Waals surface area contributed by atoms with E-state index >= 15 is 0 Å². The van der Waals surface area contributed by atoms with Crippen LogP contribution < -0.4 is 10.2 Å². The zero-order chi connectivity index (χ0) is 16.6. The number of benzene rings is 2. The molecule has 1 N–H and O–H groups in total. The van der Waals surface area contributed by atoms with Gasteiger partial charge in [-0.15, -0.1) is 0 Å². The highest BCUT2D eigenvalue weighted by atomic mass is 19.1. The van der Waals surface area contributed by atoms with Crippen LogP contribution in [0.15, 0.2) is 36.4 Å². The zero-order valence-corrected chi connectivity index (χ0v) is 13.0. The fourth-order valence-corrected chi connectivity index (χ4v) is 2.61. The van der Waals surface area contributed by atoms with Gasteiger partial charge in [0.05, 0.1) is 24.5 Å². The summed E-state index contributed by atoms with van der Waals surface area (Å²) in [7, 11) is 0. The maximum atomic E-state index is 13.3. The molecule has 2 aromatic rings. The average molecular weight is 312 g/mol. The normalized spacial score (nSPS) is 13.5. The molecule has 4 nitrogen and oxygen atoms in total. The van der Waals surface area contributed by atoms with E-state index < -0.39 is 0 Å². The number of carbonyl (C=O) groups is 2. The Morgan fingerprint density at radius 1 is 1.17 bits per heavy atom. The summed E-state index contributed by atoms with van der Waals surface area (Å²) in [5.74, 6) is -0.731. The van der Waals surface area contributed by atoms with E-state index in [2.05, 4.69) is 5.32 Å². The van der Waals surface area contributed by atoms with E-state index in [1.54, 1.807) is 6.07 Å². The number of ketones is 1. The maximum absolute atomic E-state index is 13.3. The number of hydrogen-bond acceptors (Lipinski definition) is 3. The molecule has 0 spiro atoms. The zero-order valence-electron chi connectivity index (χ0n) is 13.0. The SMILES string of the molecule is Cc1ccc(C(=O)CN2C(=O)CNc3cc(F)ccc32)cc1C. The standard InChI is InChI=1S/C18H17FN2O2/c1-11-3-4-13(7-12(11)2)17(22)10-21-16-6-5-14(19)8-15(16)20-9-18(21)23/h3-8,20H,9-10H2,1-2H3. The molecular formula is C18H17FN2O2. The Kier molecular flexibility index (Phi) is 3.86. The number of nitrogens with one attached hydrogen (secondary N) is 1. The van der Waals surface area contributed by atoms with Gasteiger partial charge in [0.15, 0.2) is 5.78 Å². The van der Waals surface area contributed by atoms with Crippen LogP contribution in [0.2, 0.25) is 0 Å². The molecule has 1 amide bonds. The number of carbonyl (C=O) groups excluding carboxylic acids is 2. The highest BCUT2D eigenvalue weighted by molar-refractivity contribution is 6.09. The van der Waals surface area contributed by atoms with Gasteiger partial charge in [0.1, 0.15) is 5.82 Å². The summed E-state index contributed by atoms with van der Waals surface area (Å²) in [6.45, 7) is 3.92. The first-order valence-electron chi connectivity index (χ1n) is 7.40. The van der Waals surface area contributed by atoms with Crippen LogP contribution in [0.4, 0.5) is 15.8 Å². The third-order valence-corrected chi connectivity index (χ3v) is 4.11. The Labute approximate surface area is 133 Å². The van der Waals surface area contributed by atoms with Gasteiger partial charge >= 0.3 is 0 Å². The summed E-state index contributed by atoms with van der Waals surface area (Å²) < 4.78 is 13.3. The lowest BCUT2D eigenvalue weighted by Crippen LogP contribution is -2.42. The van der Waals surface area contributed by atoms with Crippen molar-refractivity contribution in [2.24, 2.45) is 0 Å². The van der Waals surface area contributed by atoms with Gasteiger partial charge < -0.3 is 10.2 Å². The molecule has 0 fully saturated rings. The van der Waals surface area contributed by atoms with Crippen LogP contribution in [0, 0.1) is 19.7 Å². The van der Waals surface area contributed by atoms with Crippen molar-refractivity contribution in [1.29, 1.82) is 0 Å². The Bertz CT molecular complexity index is 802. The smallest absolute Gasteiger partial charge is 0.246 e. The fraction of sp³-hybridized carbons (Fsp3) is 0.222. The van der Waals surface area contributed by atoms with Crippen molar-refractivity contribution in [3.8, 4) is 0 Å². The van der Waals surface area contributed by atoms with Crippen molar-refractivity contribution in [3.05, 3.63) is 58.9 Å². The molecule has 0 radical (unpaired) electrons. The third kappa shape index (κ3) is 2.95. The molecule has 0 bridgehead atoms. The number of hydrogen-bond donors (Lipinski definition) is 1. The minimum absolute atomic E-state index is 0.0522. The van der Waals surface area contributed by atoms with E-state index in [4.69, 9.17) is 0 Å². The number of anilines is 2. The predicted molar refractivity (Wildman–Crippen MR) is 87.5 cm³/mol. The maximum Gasteiger partial charge on any atom is 0.246 e. The van der Waals surface area contributed by atoms with Crippen molar-refractivity contribution in [2.75, 3.05) is 23.3 Å². The molecule has 0 saturated heterocycles. The second-order valence-corrected chi connectivity index (χ2v) is 5.72. The number of nitrogens with zero attached hydrogens (tertiary/aromatic N) is 1. The van der Waals surface area contributed by atoms with E-state index in [1.165, 1.54) is 23.1 Å². The molecule has 0 atom stereocenters. The first-order chi connectivity index (χ1) is 11.0. The Balaban J connectivity index is 1.88. The van der Waals surface area contributed by atoms with Crippen molar-refractivity contribution in [1.82, 2.24) is 0 Å². The molecule has 3 rings (SSSR count). The summed E-state index contributed by atoms with van der Waals surface area (Å²) in [5, 5.41) is 2.87. The molecule has 0 aliphatic carbocycles. The lowest BCUT2D eigenvalue weighted by molar-refractivity contribution is -0.117. The average Bonchev–Trinajstić information content (AvgIpc) is 2.52. The molecule has 0 unspecified atom stereocenters. The predicted octanol–water partition coefficient (Wildman–Crippen LogP) is 3.08. The number of fused-ring (bicyclic) bond motifs is 1. The molecule has 1 aliphatic rings. The quantitative estimate of drug-likeness (QED) is 0.886. The first kappa shape index (κ1) is 15.2. The van der Waals surface area contributed by atoms with Crippen LogP contribution in [0.25, 0.3) is 0 Å². The molecular weight excluding hydrogens is 295 g/mol. The molecule has 0 aromatic heterocycles. The molecule has 0 saturated carbocycles. The van der Waals surface area contributed by atoms with Gasteiger partial charge in [-0.05, 0) is 49.2 Å². The lowest BCUT2D eigenvalue weighted by Gasteiger charge is -2.29. The largest absolute Gasteiger partial charge is 0.374 e. The van der Waals surface area contributed by atoms with Crippen molar-refractivity contribution in [3.63, 3.8) is 0 Å². The van der Waals surface area contributed by atoms with Gasteiger partial charge in [0.2, 0.25) is 5.91 Å². The van der Waals surface area contributed by atoms with Gasteiger partial charge in [-0.2, -0.15) is 0 Å². The van der Waals surface area contributed by atoms with E-state index in [9.17, 15) is 14.0 Å². The topological polar surface area (TPSA) is 49.4 Å². The van der Waals surface area contributed by atoms with Crippen LogP contribution in [0.5, 0.6) is 0 Å². The number of amides is 1. The number of Topliss-reactive ketones (excluding diaryl/α,β-unsaturated/α-hetero) is 1. The molecule has 5 heteroatoms. The van der Waals surface area contributed by atoms with Gasteiger partial charge in [-0.1, -0.05) is 12.1 Å². The van der Waals surface area contributed by atoms with Crippen LogP contribution in [-0.4, -0.2) is 24.8 Å². The fourth-order valence-electron chi connectivity index (χ4n) is 2.61. The molecule has 118 valence electrons. The Hall–Kier alpha value is -2.69. The highest BCUT2D eigenvalue weighted by Gasteiger charge is 2.26. The highest BCUT2D eigenvalue weighted by Crippen LogP contribution is 2.30. The summed E-state index contributed by atoms with van der Waals surface area (Å²) in [6.07, 6.45) is 0. The Morgan fingerprint density at radius 2 is 1.96 bits per heavy atom. The van der Waals surface area contributed by atoms with Crippen LogP contribution in [-0.2, 0) is 4.79 Å². The van der Waals surface area contributed by atoms with Gasteiger partial charge in [-0.25, -0.2) is 4.39 Å². The van der Waals surface area contributed by atoms with E-state index in [1.807, 2.05) is 26.0 Å². The minimum atomic E-state index is -0.383. The third-order valence-electron chi connectivity index (χ3n) is 4.11. The lowest BCUT2D eigenvalue weighted by atomic mass is 10.0. The van der Waals surface area contributed by atoms with Crippen molar-refractivity contribution < 1.29 is 14.0 Å². The van der Waals surface area contributed by atoms with Gasteiger partial charge in [-0.3, -0.25) is 9.59 Å². The molecule has 2 aromatic carbocycles. The molecule has 1 aliphatic heterocycles. The van der Waals surface area contributed by atoms with E-state index in [0.717, 1.165) is 11.1 Å².